The van der Waals surface area contributed by atoms with Crippen molar-refractivity contribution in [3.05, 3.63) is 63.9 Å². The molecule has 2 aromatic rings. The molecule has 2 aromatic carbocycles. The minimum absolute atomic E-state index is 0.164. The SMILES string of the molecule is CC[C@H](C(=O)NC(C)(C)C)N(Cc1ccc(F)cc1)C(=O)COc1cc(C)c(Cl)c(C)c1. The Bertz CT molecular complexity index is 932. The molecule has 5 nitrogen and oxygen atoms in total. The lowest BCUT2D eigenvalue weighted by Crippen LogP contribution is -2.54. The van der Waals surface area contributed by atoms with Gasteiger partial charge in [-0.05, 0) is 82.0 Å². The van der Waals surface area contributed by atoms with Crippen LogP contribution in [-0.2, 0) is 16.1 Å². The van der Waals surface area contributed by atoms with Crippen LogP contribution in [0.4, 0.5) is 4.39 Å². The topological polar surface area (TPSA) is 58.6 Å². The van der Waals surface area contributed by atoms with Crippen molar-refractivity contribution in [1.82, 2.24) is 10.2 Å². The Balaban J connectivity index is 2.26. The third-order valence-electron chi connectivity index (χ3n) is 4.92. The van der Waals surface area contributed by atoms with Gasteiger partial charge in [-0.3, -0.25) is 9.59 Å². The molecule has 0 fully saturated rings. The highest BCUT2D eigenvalue weighted by atomic mass is 35.5. The number of benzene rings is 2. The largest absolute Gasteiger partial charge is 0.484 e. The molecule has 0 saturated carbocycles. The Hall–Kier alpha value is -2.60. The Labute approximate surface area is 194 Å². The van der Waals surface area contributed by atoms with E-state index < -0.39 is 11.6 Å². The van der Waals surface area contributed by atoms with Gasteiger partial charge in [0.05, 0.1) is 0 Å². The van der Waals surface area contributed by atoms with E-state index in [1.165, 1.54) is 17.0 Å². The summed E-state index contributed by atoms with van der Waals surface area (Å²) < 4.78 is 19.1. The van der Waals surface area contributed by atoms with E-state index in [-0.39, 0.29) is 30.8 Å². The number of hydrogen-bond acceptors (Lipinski definition) is 3. The van der Waals surface area contributed by atoms with Gasteiger partial charge in [0, 0.05) is 17.1 Å². The molecule has 2 amide bonds. The van der Waals surface area contributed by atoms with Gasteiger partial charge in [0.25, 0.3) is 5.91 Å². The van der Waals surface area contributed by atoms with E-state index in [0.29, 0.717) is 17.2 Å². The molecule has 0 spiro atoms. The summed E-state index contributed by atoms with van der Waals surface area (Å²) in [6, 6.07) is 8.75. The van der Waals surface area contributed by atoms with Crippen molar-refractivity contribution >= 4 is 23.4 Å². The molecule has 32 heavy (non-hydrogen) atoms. The van der Waals surface area contributed by atoms with Crippen LogP contribution in [0.5, 0.6) is 5.75 Å². The summed E-state index contributed by atoms with van der Waals surface area (Å²) in [6.07, 6.45) is 0.425. The Morgan fingerprint density at radius 1 is 1.12 bits per heavy atom. The molecule has 0 aliphatic carbocycles. The van der Waals surface area contributed by atoms with Gasteiger partial charge in [-0.15, -0.1) is 0 Å². The van der Waals surface area contributed by atoms with Crippen LogP contribution < -0.4 is 10.1 Å². The van der Waals surface area contributed by atoms with Crippen LogP contribution in [0.3, 0.4) is 0 Å². The van der Waals surface area contributed by atoms with E-state index in [0.717, 1.165) is 16.7 Å². The van der Waals surface area contributed by atoms with Gasteiger partial charge < -0.3 is 15.0 Å². The van der Waals surface area contributed by atoms with Gasteiger partial charge in [0.2, 0.25) is 5.91 Å². The summed E-state index contributed by atoms with van der Waals surface area (Å²) in [5.74, 6) is -0.406. The first-order valence-electron chi connectivity index (χ1n) is 10.7. The van der Waals surface area contributed by atoms with E-state index >= 15 is 0 Å². The van der Waals surface area contributed by atoms with Crippen molar-refractivity contribution in [3.8, 4) is 5.75 Å². The minimum atomic E-state index is -0.691. The second kappa shape index (κ2) is 10.8. The minimum Gasteiger partial charge on any atom is -0.484 e. The van der Waals surface area contributed by atoms with E-state index in [9.17, 15) is 14.0 Å². The molecule has 1 atom stereocenters. The molecule has 0 saturated heterocycles. The standard InChI is InChI=1S/C25H32ClFN2O3/c1-7-21(24(31)28-25(4,5)6)29(14-18-8-10-19(27)11-9-18)22(30)15-32-20-12-16(2)23(26)17(3)13-20/h8-13,21H,7,14-15H2,1-6H3,(H,28,31)/t21-/m1/s1. The number of ether oxygens (including phenoxy) is 1. The molecule has 174 valence electrons. The zero-order chi connectivity index (χ0) is 24.1. The molecule has 0 heterocycles. The van der Waals surface area contributed by atoms with Crippen LogP contribution in [0.25, 0.3) is 0 Å². The lowest BCUT2D eigenvalue weighted by Gasteiger charge is -2.33. The number of carbonyl (C=O) groups excluding carboxylic acids is 2. The average Bonchev–Trinajstić information content (AvgIpc) is 2.70. The van der Waals surface area contributed by atoms with Crippen molar-refractivity contribution in [2.45, 2.75) is 66.1 Å². The summed E-state index contributed by atoms with van der Waals surface area (Å²) in [6.45, 7) is 11.2. The van der Waals surface area contributed by atoms with Crippen LogP contribution in [0.2, 0.25) is 5.02 Å². The fourth-order valence-corrected chi connectivity index (χ4v) is 3.49. The van der Waals surface area contributed by atoms with Gasteiger partial charge in [-0.1, -0.05) is 30.7 Å². The number of nitrogens with one attached hydrogen (secondary N) is 1. The van der Waals surface area contributed by atoms with E-state index in [1.54, 1.807) is 24.3 Å². The summed E-state index contributed by atoms with van der Waals surface area (Å²) in [4.78, 5) is 27.7. The molecule has 0 radical (unpaired) electrons. The predicted molar refractivity (Wildman–Crippen MR) is 125 cm³/mol. The predicted octanol–water partition coefficient (Wildman–Crippen LogP) is 5.20. The fraction of sp³-hybridized carbons (Fsp3) is 0.440. The lowest BCUT2D eigenvalue weighted by molar-refractivity contribution is -0.143. The van der Waals surface area contributed by atoms with Crippen molar-refractivity contribution < 1.29 is 18.7 Å². The molecule has 0 bridgehead atoms. The van der Waals surface area contributed by atoms with Crippen LogP contribution in [0.1, 0.15) is 50.8 Å². The smallest absolute Gasteiger partial charge is 0.261 e. The zero-order valence-electron chi connectivity index (χ0n) is 19.6. The van der Waals surface area contributed by atoms with Crippen LogP contribution in [0.15, 0.2) is 36.4 Å². The molecule has 0 aliphatic rings. The van der Waals surface area contributed by atoms with Crippen molar-refractivity contribution in [1.29, 1.82) is 0 Å². The van der Waals surface area contributed by atoms with Crippen LogP contribution in [-0.4, -0.2) is 34.9 Å². The molecule has 0 aliphatic heterocycles. The first-order chi connectivity index (χ1) is 14.9. The lowest BCUT2D eigenvalue weighted by atomic mass is 10.1. The monoisotopic (exact) mass is 462 g/mol. The van der Waals surface area contributed by atoms with Crippen molar-refractivity contribution in [2.24, 2.45) is 0 Å². The third kappa shape index (κ3) is 7.23. The van der Waals surface area contributed by atoms with E-state index in [4.69, 9.17) is 16.3 Å². The molecule has 0 unspecified atom stereocenters. The van der Waals surface area contributed by atoms with Gasteiger partial charge in [-0.2, -0.15) is 0 Å². The molecular weight excluding hydrogens is 431 g/mol. The highest BCUT2D eigenvalue weighted by Crippen LogP contribution is 2.26. The Kier molecular flexibility index (Phi) is 8.67. The van der Waals surface area contributed by atoms with E-state index in [2.05, 4.69) is 5.32 Å². The zero-order valence-corrected chi connectivity index (χ0v) is 20.3. The second-order valence-corrected chi connectivity index (χ2v) is 9.35. The van der Waals surface area contributed by atoms with Crippen molar-refractivity contribution in [3.63, 3.8) is 0 Å². The highest BCUT2D eigenvalue weighted by Gasteiger charge is 2.31. The number of amides is 2. The van der Waals surface area contributed by atoms with E-state index in [1.807, 2.05) is 41.5 Å². The number of halogens is 2. The summed E-state index contributed by atoms with van der Waals surface area (Å²) in [7, 11) is 0. The summed E-state index contributed by atoms with van der Waals surface area (Å²) in [5, 5.41) is 3.61. The molecule has 2 rings (SSSR count). The number of aryl methyl sites for hydroxylation is 2. The quantitative estimate of drug-likeness (QED) is 0.586. The molecule has 7 heteroatoms. The molecular formula is C25H32ClFN2O3. The maximum absolute atomic E-state index is 13.3. The normalized spacial score (nSPS) is 12.2. The number of hydrogen-bond donors (Lipinski definition) is 1. The van der Waals surface area contributed by atoms with Gasteiger partial charge in [0.1, 0.15) is 17.6 Å². The summed E-state index contributed by atoms with van der Waals surface area (Å²) >= 11 is 6.21. The number of nitrogens with zero attached hydrogens (tertiary/aromatic N) is 1. The Morgan fingerprint density at radius 2 is 1.69 bits per heavy atom. The average molecular weight is 463 g/mol. The first kappa shape index (κ1) is 25.7. The maximum atomic E-state index is 13.3. The first-order valence-corrected chi connectivity index (χ1v) is 11.0. The van der Waals surface area contributed by atoms with Crippen LogP contribution >= 0.6 is 11.6 Å². The van der Waals surface area contributed by atoms with Gasteiger partial charge >= 0.3 is 0 Å². The molecule has 0 aromatic heterocycles. The molecule has 1 N–H and O–H groups in total. The third-order valence-corrected chi connectivity index (χ3v) is 5.52. The second-order valence-electron chi connectivity index (χ2n) is 8.97. The summed E-state index contributed by atoms with van der Waals surface area (Å²) in [5.41, 5.74) is 1.99. The Morgan fingerprint density at radius 3 is 2.19 bits per heavy atom. The number of rotatable bonds is 8. The fourth-order valence-electron chi connectivity index (χ4n) is 3.38. The van der Waals surface area contributed by atoms with Gasteiger partial charge in [-0.25, -0.2) is 4.39 Å². The van der Waals surface area contributed by atoms with Crippen molar-refractivity contribution in [2.75, 3.05) is 6.61 Å². The maximum Gasteiger partial charge on any atom is 0.261 e. The highest BCUT2D eigenvalue weighted by molar-refractivity contribution is 6.32. The van der Waals surface area contributed by atoms with Crippen LogP contribution in [0, 0.1) is 19.7 Å². The van der Waals surface area contributed by atoms with Gasteiger partial charge in [0.15, 0.2) is 6.61 Å². The number of carbonyl (C=O) groups is 2.